The van der Waals surface area contributed by atoms with Crippen molar-refractivity contribution in [1.82, 2.24) is 10.6 Å². The summed E-state index contributed by atoms with van der Waals surface area (Å²) in [6.45, 7) is 4.12. The lowest BCUT2D eigenvalue weighted by molar-refractivity contribution is -0.0107. The van der Waals surface area contributed by atoms with Crippen LogP contribution in [0.15, 0.2) is 0 Å². The Morgan fingerprint density at radius 1 is 1.11 bits per heavy atom. The van der Waals surface area contributed by atoms with Gasteiger partial charge in [0, 0.05) is 31.3 Å². The lowest BCUT2D eigenvalue weighted by Crippen LogP contribution is -2.55. The third-order valence-corrected chi connectivity index (χ3v) is 5.39. The number of fused-ring (bicyclic) bond motifs is 1. The molecule has 0 amide bonds. The first-order valence-electron chi connectivity index (χ1n) is 8.46. The van der Waals surface area contributed by atoms with Crippen molar-refractivity contribution in [3.63, 3.8) is 0 Å². The molecule has 1 aliphatic heterocycles. The summed E-state index contributed by atoms with van der Waals surface area (Å²) in [6.07, 6.45) is 11.6. The van der Waals surface area contributed by atoms with Crippen LogP contribution in [0.4, 0.5) is 0 Å². The van der Waals surface area contributed by atoms with E-state index in [2.05, 4.69) is 17.6 Å². The highest BCUT2D eigenvalue weighted by Crippen LogP contribution is 2.32. The molecule has 2 N–H and O–H groups in total. The topological polar surface area (TPSA) is 33.3 Å². The highest BCUT2D eigenvalue weighted by Gasteiger charge is 2.33. The number of nitrogens with one attached hydrogen (secondary N) is 2. The second-order valence-electron chi connectivity index (χ2n) is 6.75. The van der Waals surface area contributed by atoms with E-state index in [4.69, 9.17) is 4.74 Å². The van der Waals surface area contributed by atoms with Crippen molar-refractivity contribution in [1.29, 1.82) is 0 Å². The third kappa shape index (κ3) is 3.50. The van der Waals surface area contributed by atoms with E-state index in [9.17, 15) is 0 Å². The first-order chi connectivity index (χ1) is 9.35. The van der Waals surface area contributed by atoms with E-state index in [-0.39, 0.29) is 0 Å². The third-order valence-electron chi connectivity index (χ3n) is 5.39. The zero-order chi connectivity index (χ0) is 13.1. The van der Waals surface area contributed by atoms with Gasteiger partial charge >= 0.3 is 0 Å². The van der Waals surface area contributed by atoms with Crippen LogP contribution in [0.25, 0.3) is 0 Å². The maximum atomic E-state index is 5.61. The fraction of sp³-hybridized carbons (Fsp3) is 1.00. The highest BCUT2D eigenvalue weighted by molar-refractivity contribution is 4.92. The number of ether oxygens (including phenoxy) is 1. The van der Waals surface area contributed by atoms with Crippen LogP contribution in [0.2, 0.25) is 0 Å². The molecule has 2 aliphatic carbocycles. The van der Waals surface area contributed by atoms with Crippen LogP contribution in [-0.2, 0) is 4.74 Å². The number of hydrogen-bond donors (Lipinski definition) is 2. The van der Waals surface area contributed by atoms with Gasteiger partial charge in [0.15, 0.2) is 0 Å². The van der Waals surface area contributed by atoms with Crippen molar-refractivity contribution in [3.05, 3.63) is 0 Å². The lowest BCUT2D eigenvalue weighted by Gasteiger charge is -2.42. The zero-order valence-corrected chi connectivity index (χ0v) is 12.4. The van der Waals surface area contributed by atoms with Crippen molar-refractivity contribution in [2.45, 2.75) is 82.5 Å². The molecule has 19 heavy (non-hydrogen) atoms. The maximum absolute atomic E-state index is 5.61. The van der Waals surface area contributed by atoms with Crippen molar-refractivity contribution < 1.29 is 4.74 Å². The van der Waals surface area contributed by atoms with Crippen LogP contribution in [0.5, 0.6) is 0 Å². The second kappa shape index (κ2) is 6.55. The van der Waals surface area contributed by atoms with Crippen LogP contribution < -0.4 is 10.6 Å². The van der Waals surface area contributed by atoms with Gasteiger partial charge in [-0.3, -0.25) is 0 Å². The molecular formula is C16H30N2O. The molecule has 0 aromatic carbocycles. The molecule has 3 atom stereocenters. The van der Waals surface area contributed by atoms with Gasteiger partial charge in [0.25, 0.3) is 0 Å². The summed E-state index contributed by atoms with van der Waals surface area (Å²) < 4.78 is 5.61. The molecule has 1 heterocycles. The summed E-state index contributed by atoms with van der Waals surface area (Å²) in [5, 5.41) is 7.63. The van der Waals surface area contributed by atoms with Crippen LogP contribution in [0.1, 0.15) is 58.3 Å². The molecule has 3 unspecified atom stereocenters. The Hall–Kier alpha value is -0.120. The van der Waals surface area contributed by atoms with Crippen molar-refractivity contribution >= 4 is 0 Å². The van der Waals surface area contributed by atoms with Gasteiger partial charge in [0.1, 0.15) is 0 Å². The molecule has 3 fully saturated rings. The molecule has 0 aromatic heterocycles. The fourth-order valence-corrected chi connectivity index (χ4v) is 4.15. The molecule has 3 nitrogen and oxygen atoms in total. The Balaban J connectivity index is 1.33. The van der Waals surface area contributed by atoms with Gasteiger partial charge < -0.3 is 15.4 Å². The predicted molar refractivity (Wildman–Crippen MR) is 78.3 cm³/mol. The quantitative estimate of drug-likeness (QED) is 0.802. The standard InChI is InChI=1S/C16H30N2O/c1-2-19-15-9-14(10-15)17-11-13-8-7-12-5-3-4-6-16(12)18-13/h12-18H,2-11H2,1H3. The average Bonchev–Trinajstić information content (AvgIpc) is 2.41. The van der Waals surface area contributed by atoms with E-state index >= 15 is 0 Å². The van der Waals surface area contributed by atoms with Crippen LogP contribution in [0, 0.1) is 5.92 Å². The van der Waals surface area contributed by atoms with E-state index in [1.807, 2.05) is 0 Å². The van der Waals surface area contributed by atoms with Gasteiger partial charge in [-0.1, -0.05) is 12.8 Å². The number of rotatable bonds is 5. The molecule has 0 radical (unpaired) electrons. The fourth-order valence-electron chi connectivity index (χ4n) is 4.15. The van der Waals surface area contributed by atoms with E-state index in [1.54, 1.807) is 0 Å². The molecule has 0 aromatic rings. The molecule has 0 bridgehead atoms. The minimum Gasteiger partial charge on any atom is -0.378 e. The van der Waals surface area contributed by atoms with Crippen LogP contribution >= 0.6 is 0 Å². The number of piperidine rings is 1. The Morgan fingerprint density at radius 3 is 2.79 bits per heavy atom. The molecule has 0 spiro atoms. The average molecular weight is 266 g/mol. The zero-order valence-electron chi connectivity index (χ0n) is 12.4. The van der Waals surface area contributed by atoms with Gasteiger partial charge in [-0.2, -0.15) is 0 Å². The minimum absolute atomic E-state index is 0.532. The summed E-state index contributed by atoms with van der Waals surface area (Å²) in [5.74, 6) is 0.982. The molecule has 3 aliphatic rings. The predicted octanol–water partition coefficient (Wildman–Crippen LogP) is 2.45. The summed E-state index contributed by atoms with van der Waals surface area (Å²) in [6, 6.07) is 2.25. The molecule has 3 heteroatoms. The van der Waals surface area contributed by atoms with Gasteiger partial charge in [-0.05, 0) is 51.4 Å². The van der Waals surface area contributed by atoms with Gasteiger partial charge in [-0.15, -0.1) is 0 Å². The van der Waals surface area contributed by atoms with Crippen molar-refractivity contribution in [2.75, 3.05) is 13.2 Å². The van der Waals surface area contributed by atoms with E-state index in [0.717, 1.165) is 25.1 Å². The molecule has 1 saturated heterocycles. The maximum Gasteiger partial charge on any atom is 0.0604 e. The molecule has 3 rings (SSSR count). The Kier molecular flexibility index (Phi) is 4.78. The van der Waals surface area contributed by atoms with E-state index < -0.39 is 0 Å². The Bertz CT molecular complexity index is 278. The second-order valence-corrected chi connectivity index (χ2v) is 6.75. The lowest BCUT2D eigenvalue weighted by atomic mass is 9.77. The Morgan fingerprint density at radius 2 is 1.95 bits per heavy atom. The Labute approximate surface area is 117 Å². The number of hydrogen-bond acceptors (Lipinski definition) is 3. The van der Waals surface area contributed by atoms with E-state index in [0.29, 0.717) is 18.2 Å². The summed E-state index contributed by atoms with van der Waals surface area (Å²) in [4.78, 5) is 0. The van der Waals surface area contributed by atoms with Crippen LogP contribution in [-0.4, -0.2) is 37.4 Å². The summed E-state index contributed by atoms with van der Waals surface area (Å²) in [7, 11) is 0. The largest absolute Gasteiger partial charge is 0.378 e. The van der Waals surface area contributed by atoms with Crippen molar-refractivity contribution in [2.24, 2.45) is 5.92 Å². The highest BCUT2D eigenvalue weighted by atomic mass is 16.5. The SMILES string of the molecule is CCOC1CC(NCC2CCC3CCCCC3N2)C1. The van der Waals surface area contributed by atoms with Crippen molar-refractivity contribution in [3.8, 4) is 0 Å². The smallest absolute Gasteiger partial charge is 0.0604 e. The van der Waals surface area contributed by atoms with Crippen LogP contribution in [0.3, 0.4) is 0 Å². The molecular weight excluding hydrogens is 236 g/mol. The van der Waals surface area contributed by atoms with Gasteiger partial charge in [0.2, 0.25) is 0 Å². The van der Waals surface area contributed by atoms with Gasteiger partial charge in [-0.25, -0.2) is 0 Å². The monoisotopic (exact) mass is 266 g/mol. The first-order valence-corrected chi connectivity index (χ1v) is 8.46. The van der Waals surface area contributed by atoms with Gasteiger partial charge in [0.05, 0.1) is 6.10 Å². The van der Waals surface area contributed by atoms with E-state index in [1.165, 1.54) is 51.4 Å². The summed E-state index contributed by atoms with van der Waals surface area (Å²) >= 11 is 0. The summed E-state index contributed by atoms with van der Waals surface area (Å²) in [5.41, 5.74) is 0. The normalized spacial score (nSPS) is 42.5. The first kappa shape index (κ1) is 13.8. The molecule has 2 saturated carbocycles. The molecule has 110 valence electrons. The minimum atomic E-state index is 0.532.